The van der Waals surface area contributed by atoms with Crippen LogP contribution in [0, 0.1) is 0 Å². The van der Waals surface area contributed by atoms with Gasteiger partial charge in [0, 0.05) is 12.0 Å². The molecule has 0 aliphatic carbocycles. The predicted octanol–water partition coefficient (Wildman–Crippen LogP) is 2.87. The van der Waals surface area contributed by atoms with Crippen LogP contribution in [0.1, 0.15) is 17.4 Å². The van der Waals surface area contributed by atoms with Gasteiger partial charge in [-0.05, 0) is 19.0 Å². The molecule has 120 valence electrons. The summed E-state index contributed by atoms with van der Waals surface area (Å²) in [5.41, 5.74) is 1.17. The van der Waals surface area contributed by atoms with Gasteiger partial charge in [0.1, 0.15) is 6.23 Å². The van der Waals surface area contributed by atoms with Crippen LogP contribution in [0.2, 0.25) is 19.1 Å². The first kappa shape index (κ1) is 16.6. The largest absolute Gasteiger partial charge is 0.359 e. The summed E-state index contributed by atoms with van der Waals surface area (Å²) in [6, 6.07) is 8.18. The molecule has 2 rings (SSSR count). The molecule has 2 N–H and O–H groups in total. The van der Waals surface area contributed by atoms with Gasteiger partial charge in [0.05, 0.1) is 19.9 Å². The molecular weight excluding hydrogens is 301 g/mol. The Morgan fingerprint density at radius 2 is 2.18 bits per heavy atom. The molecule has 0 bridgehead atoms. The molecule has 0 saturated carbocycles. The fraction of sp³-hybridized carbons (Fsp3) is 0.467. The van der Waals surface area contributed by atoms with Crippen LogP contribution in [-0.4, -0.2) is 43.3 Å². The van der Waals surface area contributed by atoms with Gasteiger partial charge in [-0.25, -0.2) is 0 Å². The minimum Gasteiger partial charge on any atom is -0.359 e. The molecule has 5 nitrogen and oxygen atoms in total. The van der Waals surface area contributed by atoms with Gasteiger partial charge in [0.15, 0.2) is 5.69 Å². The van der Waals surface area contributed by atoms with Crippen molar-refractivity contribution in [3.8, 4) is 0 Å². The van der Waals surface area contributed by atoms with Crippen molar-refractivity contribution in [3.05, 3.63) is 30.0 Å². The molecule has 7 heteroatoms. The number of nitrogens with one attached hydrogen (secondary N) is 2. The number of carbonyl (C=O) groups excluding carboxylic acids is 1. The van der Waals surface area contributed by atoms with E-state index in [1.807, 2.05) is 37.4 Å². The number of fused-ring (bicyclic) bond motifs is 1. The number of benzene rings is 1. The Hall–Kier alpha value is -1.73. The minimum absolute atomic E-state index is 0.254. The summed E-state index contributed by atoms with van der Waals surface area (Å²) in [6.07, 6.45) is -0.691. The second-order valence-corrected chi connectivity index (χ2v) is 11.2. The molecule has 1 atom stereocenters. The van der Waals surface area contributed by atoms with Gasteiger partial charge in [0.25, 0.3) is 5.91 Å². The quantitative estimate of drug-likeness (QED) is 0.608. The van der Waals surface area contributed by atoms with E-state index in [0.717, 1.165) is 16.9 Å². The number of halogens is 1. The average Bonchev–Trinajstić information content (AvgIpc) is 2.91. The summed E-state index contributed by atoms with van der Waals surface area (Å²) >= 11 is 0. The number of hydrogen-bond acceptors (Lipinski definition) is 3. The van der Waals surface area contributed by atoms with Crippen molar-refractivity contribution >= 4 is 24.9 Å². The molecule has 0 aliphatic heterocycles. The number of ether oxygens (including phenoxy) is 1. The van der Waals surface area contributed by atoms with Crippen LogP contribution in [0.4, 0.5) is 4.39 Å². The normalized spacial score (nSPS) is 13.3. The highest BCUT2D eigenvalue weighted by molar-refractivity contribution is 6.77. The molecule has 1 heterocycles. The summed E-state index contributed by atoms with van der Waals surface area (Å²) in [5.74, 6) is -0.285. The lowest BCUT2D eigenvalue weighted by Gasteiger charge is -2.20. The Bertz CT molecular complexity index is 645. The zero-order valence-electron chi connectivity index (χ0n) is 13.1. The van der Waals surface area contributed by atoms with Crippen LogP contribution in [0.3, 0.4) is 0 Å². The highest BCUT2D eigenvalue weighted by atomic mass is 28.3. The topological polar surface area (TPSA) is 67.0 Å². The first-order chi connectivity index (χ1) is 10.4. The van der Waals surface area contributed by atoms with Crippen LogP contribution in [0.15, 0.2) is 24.3 Å². The maximum absolute atomic E-state index is 12.8. The smallest absolute Gasteiger partial charge is 0.274 e. The third-order valence-electron chi connectivity index (χ3n) is 3.53. The lowest BCUT2D eigenvalue weighted by atomic mass is 10.2. The van der Waals surface area contributed by atoms with Gasteiger partial charge in [-0.3, -0.25) is 14.3 Å². The molecule has 0 fully saturated rings. The van der Waals surface area contributed by atoms with E-state index in [0.29, 0.717) is 12.3 Å². The first-order valence-electron chi connectivity index (χ1n) is 7.34. The SMILES string of the molecule is CC(NC(=O)c1n[nH]c2ccccc12)OCC[Si](C)(C)CF. The Kier molecular flexibility index (Phi) is 5.31. The van der Waals surface area contributed by atoms with Crippen molar-refractivity contribution in [2.45, 2.75) is 32.3 Å². The van der Waals surface area contributed by atoms with Gasteiger partial charge in [-0.1, -0.05) is 31.3 Å². The van der Waals surface area contributed by atoms with Gasteiger partial charge in [-0.15, -0.1) is 0 Å². The van der Waals surface area contributed by atoms with Crippen molar-refractivity contribution in [2.24, 2.45) is 0 Å². The van der Waals surface area contributed by atoms with Crippen LogP contribution >= 0.6 is 0 Å². The number of para-hydroxylation sites is 1. The van der Waals surface area contributed by atoms with Crippen LogP contribution in [0.25, 0.3) is 10.9 Å². The Morgan fingerprint density at radius 3 is 2.91 bits per heavy atom. The fourth-order valence-electron chi connectivity index (χ4n) is 2.01. The summed E-state index contributed by atoms with van der Waals surface area (Å²) in [4.78, 5) is 12.2. The molecule has 1 amide bonds. The monoisotopic (exact) mass is 323 g/mol. The number of alkyl halides is 1. The second-order valence-electron chi connectivity index (χ2n) is 6.15. The molecule has 0 saturated heterocycles. The number of rotatable bonds is 7. The standard InChI is InChI=1S/C15H22FN3O2Si/c1-11(21-8-9-22(2,3)10-16)17-15(20)14-12-6-4-5-7-13(12)18-19-14/h4-7,11H,8-10H2,1-3H3,(H,17,20)(H,18,19). The Morgan fingerprint density at radius 1 is 1.45 bits per heavy atom. The number of nitrogens with zero attached hydrogens (tertiary/aromatic N) is 1. The zero-order chi connectivity index (χ0) is 16.2. The maximum atomic E-state index is 12.8. The third-order valence-corrected chi connectivity index (χ3v) is 5.81. The molecule has 1 aromatic heterocycles. The Labute approximate surface area is 130 Å². The molecule has 0 aliphatic rings. The van der Waals surface area contributed by atoms with E-state index in [2.05, 4.69) is 15.5 Å². The molecule has 1 aromatic carbocycles. The molecule has 2 aromatic rings. The van der Waals surface area contributed by atoms with Crippen molar-refractivity contribution in [2.75, 3.05) is 12.9 Å². The lowest BCUT2D eigenvalue weighted by Crippen LogP contribution is -2.37. The van der Waals surface area contributed by atoms with Gasteiger partial charge in [0.2, 0.25) is 0 Å². The molecule has 0 radical (unpaired) electrons. The van der Waals surface area contributed by atoms with Crippen molar-refractivity contribution in [1.29, 1.82) is 0 Å². The molecular formula is C15H22FN3O2Si. The fourth-order valence-corrected chi connectivity index (χ4v) is 2.81. The van der Waals surface area contributed by atoms with E-state index >= 15 is 0 Å². The van der Waals surface area contributed by atoms with Gasteiger partial charge >= 0.3 is 0 Å². The second kappa shape index (κ2) is 7.02. The predicted molar refractivity (Wildman–Crippen MR) is 87.2 cm³/mol. The van der Waals surface area contributed by atoms with Crippen molar-refractivity contribution in [3.63, 3.8) is 0 Å². The van der Waals surface area contributed by atoms with E-state index in [1.54, 1.807) is 6.92 Å². The Balaban J connectivity index is 1.89. The van der Waals surface area contributed by atoms with Crippen LogP contribution in [0.5, 0.6) is 0 Å². The summed E-state index contributed by atoms with van der Waals surface area (Å²) in [5, 5.41) is 10.4. The number of aromatic amines is 1. The van der Waals surface area contributed by atoms with Gasteiger partial charge < -0.3 is 10.1 Å². The summed E-state index contributed by atoms with van der Waals surface area (Å²) < 4.78 is 18.3. The van der Waals surface area contributed by atoms with E-state index < -0.39 is 14.3 Å². The average molecular weight is 323 g/mol. The lowest BCUT2D eigenvalue weighted by molar-refractivity contribution is 0.0443. The molecule has 1 unspecified atom stereocenters. The van der Waals surface area contributed by atoms with Crippen LogP contribution < -0.4 is 5.32 Å². The van der Waals surface area contributed by atoms with E-state index in [4.69, 9.17) is 4.74 Å². The number of carbonyl (C=O) groups is 1. The molecule has 0 spiro atoms. The highest BCUT2D eigenvalue weighted by Crippen LogP contribution is 2.15. The number of hydrogen-bond donors (Lipinski definition) is 2. The summed E-state index contributed by atoms with van der Waals surface area (Å²) in [7, 11) is -1.80. The van der Waals surface area contributed by atoms with Crippen molar-refractivity contribution in [1.82, 2.24) is 15.5 Å². The number of aromatic nitrogens is 2. The number of H-pyrrole nitrogens is 1. The highest BCUT2D eigenvalue weighted by Gasteiger charge is 2.21. The van der Waals surface area contributed by atoms with E-state index in [9.17, 15) is 9.18 Å². The van der Waals surface area contributed by atoms with E-state index in [-0.39, 0.29) is 12.2 Å². The summed E-state index contributed by atoms with van der Waals surface area (Å²) in [6.45, 7) is 6.17. The number of amides is 1. The van der Waals surface area contributed by atoms with Crippen molar-refractivity contribution < 1.29 is 13.9 Å². The van der Waals surface area contributed by atoms with E-state index in [1.165, 1.54) is 0 Å². The first-order valence-corrected chi connectivity index (χ1v) is 10.8. The third kappa shape index (κ3) is 4.14. The molecule has 22 heavy (non-hydrogen) atoms. The zero-order valence-corrected chi connectivity index (χ0v) is 14.1. The van der Waals surface area contributed by atoms with Gasteiger partial charge in [-0.2, -0.15) is 5.10 Å². The van der Waals surface area contributed by atoms with Crippen LogP contribution in [-0.2, 0) is 4.74 Å². The maximum Gasteiger partial charge on any atom is 0.274 e. The minimum atomic E-state index is -1.80.